The summed E-state index contributed by atoms with van der Waals surface area (Å²) < 4.78 is 15.0. The number of pyridine rings is 1. The monoisotopic (exact) mass is 268 g/mol. The van der Waals surface area contributed by atoms with Gasteiger partial charge in [-0.25, -0.2) is 9.37 Å². The summed E-state index contributed by atoms with van der Waals surface area (Å²) in [7, 11) is 0. The third kappa shape index (κ3) is 2.31. The van der Waals surface area contributed by atoms with Crippen LogP contribution in [-0.2, 0) is 5.41 Å². The lowest BCUT2D eigenvalue weighted by Crippen LogP contribution is -2.11. The highest BCUT2D eigenvalue weighted by molar-refractivity contribution is 5.63. The minimum absolute atomic E-state index is 0.101. The van der Waals surface area contributed by atoms with Crippen LogP contribution < -0.4 is 0 Å². The Morgan fingerprint density at radius 2 is 1.75 bits per heavy atom. The zero-order valence-corrected chi connectivity index (χ0v) is 11.9. The first kappa shape index (κ1) is 12.9. The summed E-state index contributed by atoms with van der Waals surface area (Å²) in [5, 5.41) is 0. The standard InChI is InChI=1S/C17H17FN2/c1-17(2,3)13-8-9-20-11-15(19-16(20)10-13)12-4-6-14(18)7-5-12/h4-11H,1-3H3. The molecule has 0 unspecified atom stereocenters. The molecule has 2 heterocycles. The lowest BCUT2D eigenvalue weighted by molar-refractivity contribution is 0.589. The summed E-state index contributed by atoms with van der Waals surface area (Å²) in [6, 6.07) is 10.6. The lowest BCUT2D eigenvalue weighted by atomic mass is 9.88. The average molecular weight is 268 g/mol. The number of aromatic nitrogens is 2. The van der Waals surface area contributed by atoms with E-state index >= 15 is 0 Å². The maximum absolute atomic E-state index is 13.0. The van der Waals surface area contributed by atoms with Gasteiger partial charge in [0.1, 0.15) is 11.5 Å². The SMILES string of the molecule is CC(C)(C)c1ccn2cc(-c3ccc(F)cc3)nc2c1. The fraction of sp³-hybridized carbons (Fsp3) is 0.235. The first-order valence-electron chi connectivity index (χ1n) is 6.69. The maximum atomic E-state index is 13.0. The van der Waals surface area contributed by atoms with Crippen molar-refractivity contribution in [2.45, 2.75) is 26.2 Å². The third-order valence-corrected chi connectivity index (χ3v) is 3.47. The van der Waals surface area contributed by atoms with Gasteiger partial charge < -0.3 is 4.40 Å². The molecule has 20 heavy (non-hydrogen) atoms. The summed E-state index contributed by atoms with van der Waals surface area (Å²) in [6.07, 6.45) is 3.99. The van der Waals surface area contributed by atoms with E-state index in [9.17, 15) is 4.39 Å². The third-order valence-electron chi connectivity index (χ3n) is 3.47. The Hall–Kier alpha value is -2.16. The summed E-state index contributed by atoms with van der Waals surface area (Å²) >= 11 is 0. The van der Waals surface area contributed by atoms with Crippen molar-refractivity contribution in [2.24, 2.45) is 0 Å². The molecular formula is C17H17FN2. The lowest BCUT2D eigenvalue weighted by Gasteiger charge is -2.18. The van der Waals surface area contributed by atoms with Gasteiger partial charge >= 0.3 is 0 Å². The zero-order chi connectivity index (χ0) is 14.3. The number of rotatable bonds is 1. The molecule has 0 radical (unpaired) electrons. The Bertz CT molecular complexity index is 749. The van der Waals surface area contributed by atoms with Crippen molar-refractivity contribution in [3.8, 4) is 11.3 Å². The van der Waals surface area contributed by atoms with Crippen molar-refractivity contribution < 1.29 is 4.39 Å². The van der Waals surface area contributed by atoms with Gasteiger partial charge in [0.15, 0.2) is 0 Å². The summed E-state index contributed by atoms with van der Waals surface area (Å²) in [4.78, 5) is 4.63. The summed E-state index contributed by atoms with van der Waals surface area (Å²) in [6.45, 7) is 6.55. The maximum Gasteiger partial charge on any atom is 0.137 e. The molecule has 0 fully saturated rings. The number of imidazole rings is 1. The normalized spacial score (nSPS) is 12.0. The fourth-order valence-electron chi connectivity index (χ4n) is 2.21. The quantitative estimate of drug-likeness (QED) is 0.638. The van der Waals surface area contributed by atoms with Crippen molar-refractivity contribution in [3.63, 3.8) is 0 Å². The largest absolute Gasteiger partial charge is 0.306 e. The van der Waals surface area contributed by atoms with Gasteiger partial charge in [0, 0.05) is 18.0 Å². The van der Waals surface area contributed by atoms with Crippen LogP contribution in [0.3, 0.4) is 0 Å². The average Bonchev–Trinajstić information content (AvgIpc) is 2.81. The van der Waals surface area contributed by atoms with Crippen LogP contribution in [0.15, 0.2) is 48.8 Å². The van der Waals surface area contributed by atoms with Crippen molar-refractivity contribution in [1.82, 2.24) is 9.38 Å². The first-order chi connectivity index (χ1) is 9.43. The van der Waals surface area contributed by atoms with Gasteiger partial charge in [-0.1, -0.05) is 20.8 Å². The number of hydrogen-bond acceptors (Lipinski definition) is 1. The second-order valence-electron chi connectivity index (χ2n) is 6.06. The van der Waals surface area contributed by atoms with Gasteiger partial charge in [0.05, 0.1) is 5.69 Å². The number of hydrogen-bond donors (Lipinski definition) is 0. The van der Waals surface area contributed by atoms with Gasteiger partial charge in [0.25, 0.3) is 0 Å². The van der Waals surface area contributed by atoms with Crippen LogP contribution in [0.25, 0.3) is 16.9 Å². The molecule has 0 aliphatic rings. The predicted octanol–water partition coefficient (Wildman–Crippen LogP) is 4.44. The van der Waals surface area contributed by atoms with Crippen LogP contribution in [0.2, 0.25) is 0 Å². The molecule has 0 N–H and O–H groups in total. The Kier molecular flexibility index (Phi) is 2.85. The number of halogens is 1. The fourth-order valence-corrected chi connectivity index (χ4v) is 2.21. The molecule has 0 bridgehead atoms. The van der Waals surface area contributed by atoms with Crippen molar-refractivity contribution in [2.75, 3.05) is 0 Å². The minimum atomic E-state index is -0.229. The van der Waals surface area contributed by atoms with E-state index in [0.717, 1.165) is 16.9 Å². The van der Waals surface area contributed by atoms with E-state index < -0.39 is 0 Å². The van der Waals surface area contributed by atoms with E-state index in [1.807, 2.05) is 16.8 Å². The molecule has 0 aliphatic carbocycles. The Labute approximate surface area is 117 Å². The highest BCUT2D eigenvalue weighted by Gasteiger charge is 2.14. The molecule has 102 valence electrons. The molecule has 2 nitrogen and oxygen atoms in total. The van der Waals surface area contributed by atoms with E-state index in [1.54, 1.807) is 12.1 Å². The Morgan fingerprint density at radius 1 is 1.05 bits per heavy atom. The van der Waals surface area contributed by atoms with Crippen molar-refractivity contribution in [3.05, 3.63) is 60.2 Å². The van der Waals surface area contributed by atoms with Gasteiger partial charge in [-0.2, -0.15) is 0 Å². The van der Waals surface area contributed by atoms with Gasteiger partial charge in [-0.15, -0.1) is 0 Å². The molecule has 0 saturated carbocycles. The molecule has 3 heteroatoms. The minimum Gasteiger partial charge on any atom is -0.306 e. The van der Waals surface area contributed by atoms with Gasteiger partial charge in [-0.3, -0.25) is 0 Å². The molecule has 0 amide bonds. The van der Waals surface area contributed by atoms with Crippen molar-refractivity contribution in [1.29, 1.82) is 0 Å². The Morgan fingerprint density at radius 3 is 2.40 bits per heavy atom. The topological polar surface area (TPSA) is 17.3 Å². The van der Waals surface area contributed by atoms with E-state index in [0.29, 0.717) is 0 Å². The van der Waals surface area contributed by atoms with E-state index in [1.165, 1.54) is 17.7 Å². The smallest absolute Gasteiger partial charge is 0.137 e. The summed E-state index contributed by atoms with van der Waals surface area (Å²) in [5.74, 6) is -0.229. The predicted molar refractivity (Wildman–Crippen MR) is 79.3 cm³/mol. The second kappa shape index (κ2) is 4.44. The molecule has 3 aromatic rings. The molecule has 2 aromatic heterocycles. The van der Waals surface area contributed by atoms with E-state index in [2.05, 4.69) is 37.9 Å². The molecule has 3 rings (SSSR count). The van der Waals surface area contributed by atoms with Crippen LogP contribution in [0, 0.1) is 5.82 Å². The van der Waals surface area contributed by atoms with Crippen molar-refractivity contribution >= 4 is 5.65 Å². The summed E-state index contributed by atoms with van der Waals surface area (Å²) in [5.41, 5.74) is 4.05. The van der Waals surface area contributed by atoms with Crippen LogP contribution in [0.1, 0.15) is 26.3 Å². The van der Waals surface area contributed by atoms with E-state index in [4.69, 9.17) is 0 Å². The van der Waals surface area contributed by atoms with Gasteiger partial charge in [0.2, 0.25) is 0 Å². The van der Waals surface area contributed by atoms with Crippen LogP contribution >= 0.6 is 0 Å². The number of benzene rings is 1. The Balaban J connectivity index is 2.09. The first-order valence-corrected chi connectivity index (χ1v) is 6.69. The van der Waals surface area contributed by atoms with E-state index in [-0.39, 0.29) is 11.2 Å². The highest BCUT2D eigenvalue weighted by Crippen LogP contribution is 2.25. The molecule has 1 aromatic carbocycles. The number of nitrogens with zero attached hydrogens (tertiary/aromatic N) is 2. The zero-order valence-electron chi connectivity index (χ0n) is 11.9. The highest BCUT2D eigenvalue weighted by atomic mass is 19.1. The molecule has 0 aliphatic heterocycles. The molecule has 0 saturated heterocycles. The van der Waals surface area contributed by atoms with Gasteiger partial charge in [-0.05, 0) is 47.4 Å². The van der Waals surface area contributed by atoms with Crippen LogP contribution in [0.5, 0.6) is 0 Å². The molecule has 0 atom stereocenters. The van der Waals surface area contributed by atoms with Crippen LogP contribution in [0.4, 0.5) is 4.39 Å². The number of fused-ring (bicyclic) bond motifs is 1. The molecular weight excluding hydrogens is 251 g/mol. The second-order valence-corrected chi connectivity index (χ2v) is 6.06. The molecule has 0 spiro atoms. The van der Waals surface area contributed by atoms with Crippen LogP contribution in [-0.4, -0.2) is 9.38 Å².